The summed E-state index contributed by atoms with van der Waals surface area (Å²) in [5, 5.41) is 19.5. The fourth-order valence-corrected chi connectivity index (χ4v) is 1.27. The van der Waals surface area contributed by atoms with Gasteiger partial charge < -0.3 is 15.5 Å². The normalized spacial score (nSPS) is 9.71. The van der Waals surface area contributed by atoms with E-state index in [9.17, 15) is 14.4 Å². The first kappa shape index (κ1) is 12.7. The van der Waals surface area contributed by atoms with Crippen molar-refractivity contribution >= 4 is 23.5 Å². The molecule has 17 heavy (non-hydrogen) atoms. The van der Waals surface area contributed by atoms with Crippen molar-refractivity contribution in [2.45, 2.75) is 13.3 Å². The molecule has 3 N–H and O–H groups in total. The molecule has 0 aliphatic rings. The lowest BCUT2D eigenvalue weighted by molar-refractivity contribution is -0.139. The van der Waals surface area contributed by atoms with Crippen molar-refractivity contribution in [2.75, 3.05) is 5.32 Å². The van der Waals surface area contributed by atoms with Crippen LogP contribution in [0.2, 0.25) is 0 Å². The molecule has 0 aliphatic carbocycles. The van der Waals surface area contributed by atoms with Gasteiger partial charge in [-0.1, -0.05) is 0 Å². The van der Waals surface area contributed by atoms with Gasteiger partial charge in [0.05, 0.1) is 5.56 Å². The van der Waals surface area contributed by atoms with Gasteiger partial charge in [0.25, 0.3) is 0 Å². The number of anilines is 1. The summed E-state index contributed by atoms with van der Waals surface area (Å²) in [7, 11) is 0. The Morgan fingerprint density at radius 3 is 2.35 bits per heavy atom. The van der Waals surface area contributed by atoms with Gasteiger partial charge in [0.15, 0.2) is 0 Å². The number of carbonyl (C=O) groups excluding carboxylic acids is 1. The molecule has 0 atom stereocenters. The number of hydrogen-bond acceptors (Lipinski definition) is 3. The van der Waals surface area contributed by atoms with E-state index in [4.69, 9.17) is 10.2 Å². The molecule has 0 bridgehead atoms. The van der Waals surface area contributed by atoms with Gasteiger partial charge in [-0.05, 0) is 30.7 Å². The van der Waals surface area contributed by atoms with Crippen molar-refractivity contribution in [1.29, 1.82) is 0 Å². The Balaban J connectivity index is 2.83. The number of carbonyl (C=O) groups is 3. The highest BCUT2D eigenvalue weighted by Gasteiger charge is 2.10. The number of carboxylic acids is 2. The van der Waals surface area contributed by atoms with Crippen LogP contribution >= 0.6 is 0 Å². The maximum absolute atomic E-state index is 11.2. The van der Waals surface area contributed by atoms with E-state index in [1.54, 1.807) is 6.92 Å². The van der Waals surface area contributed by atoms with Crippen LogP contribution in [0.4, 0.5) is 5.69 Å². The van der Waals surface area contributed by atoms with Crippen LogP contribution in [0.15, 0.2) is 18.2 Å². The standard InChI is InChI=1S/C11H11NO5/c1-6-4-7(11(16)17)2-3-8(6)12-9(13)5-10(14)15/h2-4H,5H2,1H3,(H,12,13)(H,14,15)(H,16,17). The Labute approximate surface area is 96.9 Å². The molecule has 0 spiro atoms. The minimum Gasteiger partial charge on any atom is -0.481 e. The van der Waals surface area contributed by atoms with Gasteiger partial charge in [0, 0.05) is 5.69 Å². The number of benzene rings is 1. The average Bonchev–Trinajstić information content (AvgIpc) is 2.19. The minimum absolute atomic E-state index is 0.110. The zero-order chi connectivity index (χ0) is 13.0. The summed E-state index contributed by atoms with van der Waals surface area (Å²) in [6.07, 6.45) is -0.625. The summed E-state index contributed by atoms with van der Waals surface area (Å²) in [5.74, 6) is -2.93. The van der Waals surface area contributed by atoms with Crippen molar-refractivity contribution in [3.63, 3.8) is 0 Å². The Morgan fingerprint density at radius 2 is 1.88 bits per heavy atom. The van der Waals surface area contributed by atoms with Crippen molar-refractivity contribution < 1.29 is 24.6 Å². The molecule has 0 fully saturated rings. The van der Waals surface area contributed by atoms with E-state index in [2.05, 4.69) is 5.32 Å². The third-order valence-corrected chi connectivity index (χ3v) is 2.06. The molecule has 0 saturated heterocycles. The Bertz CT molecular complexity index is 481. The van der Waals surface area contributed by atoms with Crippen molar-refractivity contribution in [3.8, 4) is 0 Å². The van der Waals surface area contributed by atoms with E-state index in [0.29, 0.717) is 11.3 Å². The summed E-state index contributed by atoms with van der Waals surface area (Å²) in [4.78, 5) is 32.1. The van der Waals surface area contributed by atoms with Gasteiger partial charge in [0.2, 0.25) is 5.91 Å². The zero-order valence-corrected chi connectivity index (χ0v) is 9.06. The first-order chi connectivity index (χ1) is 7.90. The highest BCUT2D eigenvalue weighted by Crippen LogP contribution is 2.16. The molecule has 0 aromatic heterocycles. The van der Waals surface area contributed by atoms with Gasteiger partial charge in [-0.3, -0.25) is 9.59 Å². The van der Waals surface area contributed by atoms with Crippen LogP contribution in [0.1, 0.15) is 22.3 Å². The largest absolute Gasteiger partial charge is 0.481 e. The second-order valence-corrected chi connectivity index (χ2v) is 3.45. The number of rotatable bonds is 4. The molecular weight excluding hydrogens is 226 g/mol. The maximum Gasteiger partial charge on any atom is 0.335 e. The first-order valence-electron chi connectivity index (χ1n) is 4.75. The fraction of sp³-hybridized carbons (Fsp3) is 0.182. The second kappa shape index (κ2) is 5.11. The van der Waals surface area contributed by atoms with E-state index in [-0.39, 0.29) is 5.56 Å². The molecule has 0 radical (unpaired) electrons. The number of aliphatic carboxylic acids is 1. The molecule has 6 heteroatoms. The van der Waals surface area contributed by atoms with Gasteiger partial charge in [-0.25, -0.2) is 4.79 Å². The zero-order valence-electron chi connectivity index (χ0n) is 9.06. The molecule has 0 saturated carbocycles. The van der Waals surface area contributed by atoms with Crippen LogP contribution in [-0.2, 0) is 9.59 Å². The molecule has 0 unspecified atom stereocenters. The fourth-order valence-electron chi connectivity index (χ4n) is 1.27. The van der Waals surface area contributed by atoms with E-state index >= 15 is 0 Å². The van der Waals surface area contributed by atoms with E-state index in [1.165, 1.54) is 18.2 Å². The molecule has 0 aliphatic heterocycles. The molecule has 1 aromatic carbocycles. The number of aromatic carboxylic acids is 1. The number of aryl methyl sites for hydroxylation is 1. The summed E-state index contributed by atoms with van der Waals surface area (Å²) in [6.45, 7) is 1.63. The SMILES string of the molecule is Cc1cc(C(=O)O)ccc1NC(=O)CC(=O)O. The minimum atomic E-state index is -1.22. The number of amides is 1. The lowest BCUT2D eigenvalue weighted by Crippen LogP contribution is -2.16. The average molecular weight is 237 g/mol. The van der Waals surface area contributed by atoms with Crippen LogP contribution in [-0.4, -0.2) is 28.1 Å². The topological polar surface area (TPSA) is 104 Å². The van der Waals surface area contributed by atoms with Crippen molar-refractivity contribution in [3.05, 3.63) is 29.3 Å². The quantitative estimate of drug-likeness (QED) is 0.680. The third kappa shape index (κ3) is 3.60. The lowest BCUT2D eigenvalue weighted by Gasteiger charge is -2.07. The summed E-state index contributed by atoms with van der Waals surface area (Å²) >= 11 is 0. The number of carboxylic acid groups (broad SMARTS) is 2. The summed E-state index contributed by atoms with van der Waals surface area (Å²) in [6, 6.07) is 4.17. The Kier molecular flexibility index (Phi) is 3.82. The second-order valence-electron chi connectivity index (χ2n) is 3.45. The van der Waals surface area contributed by atoms with Gasteiger partial charge in [-0.15, -0.1) is 0 Å². The Morgan fingerprint density at radius 1 is 1.24 bits per heavy atom. The number of nitrogens with one attached hydrogen (secondary N) is 1. The monoisotopic (exact) mass is 237 g/mol. The summed E-state index contributed by atoms with van der Waals surface area (Å²) in [5.41, 5.74) is 1.07. The predicted molar refractivity (Wildman–Crippen MR) is 59.0 cm³/mol. The van der Waals surface area contributed by atoms with Gasteiger partial charge >= 0.3 is 11.9 Å². The van der Waals surface area contributed by atoms with Gasteiger partial charge in [-0.2, -0.15) is 0 Å². The molecule has 1 aromatic rings. The van der Waals surface area contributed by atoms with E-state index in [1.807, 2.05) is 0 Å². The van der Waals surface area contributed by atoms with Crippen LogP contribution in [0.3, 0.4) is 0 Å². The molecule has 90 valence electrons. The van der Waals surface area contributed by atoms with E-state index < -0.39 is 24.3 Å². The van der Waals surface area contributed by atoms with Crippen molar-refractivity contribution in [2.24, 2.45) is 0 Å². The summed E-state index contributed by atoms with van der Waals surface area (Å²) < 4.78 is 0. The molecule has 6 nitrogen and oxygen atoms in total. The maximum atomic E-state index is 11.2. The Hall–Kier alpha value is -2.37. The van der Waals surface area contributed by atoms with Crippen molar-refractivity contribution in [1.82, 2.24) is 0 Å². The highest BCUT2D eigenvalue weighted by atomic mass is 16.4. The lowest BCUT2D eigenvalue weighted by atomic mass is 10.1. The van der Waals surface area contributed by atoms with Crippen LogP contribution < -0.4 is 5.32 Å². The molecule has 1 rings (SSSR count). The van der Waals surface area contributed by atoms with Gasteiger partial charge in [0.1, 0.15) is 6.42 Å². The first-order valence-corrected chi connectivity index (χ1v) is 4.75. The van der Waals surface area contributed by atoms with Crippen LogP contribution in [0, 0.1) is 6.92 Å². The third-order valence-electron chi connectivity index (χ3n) is 2.06. The molecule has 1 amide bonds. The molecule has 0 heterocycles. The smallest absolute Gasteiger partial charge is 0.335 e. The van der Waals surface area contributed by atoms with Crippen LogP contribution in [0.5, 0.6) is 0 Å². The number of hydrogen-bond donors (Lipinski definition) is 3. The van der Waals surface area contributed by atoms with E-state index in [0.717, 1.165) is 0 Å². The highest BCUT2D eigenvalue weighted by molar-refractivity contribution is 6.02. The molecular formula is C11H11NO5. The van der Waals surface area contributed by atoms with Crippen LogP contribution in [0.25, 0.3) is 0 Å². The predicted octanol–water partition coefficient (Wildman–Crippen LogP) is 1.11.